The molecule has 0 radical (unpaired) electrons. The first-order chi connectivity index (χ1) is 28.8. The lowest BCUT2D eigenvalue weighted by molar-refractivity contribution is 0.0693. The molecule has 0 aliphatic carbocycles. The van der Waals surface area contributed by atoms with E-state index in [9.17, 15) is 14.7 Å². The highest BCUT2D eigenvalue weighted by Gasteiger charge is 2.22. The maximum Gasteiger partial charge on any atom is 0.339 e. The molecule has 0 bridgehead atoms. The number of anilines is 6. The Morgan fingerprint density at radius 2 is 0.966 bits per heavy atom. The Hall–Kier alpha value is -6.06. The molecule has 4 fully saturated rings. The molecule has 316 valence electrons. The number of carbonyl (C=O) groups excluding carboxylic acids is 1. The fraction of sp³-hybridized carbons (Fsp3) is 0.436. The van der Waals surface area contributed by atoms with Crippen LogP contribution in [0.5, 0.6) is 11.5 Å². The topological polar surface area (TPSA) is 246 Å². The van der Waals surface area contributed by atoms with Gasteiger partial charge in [-0.1, -0.05) is 24.3 Å². The predicted molar refractivity (Wildman–Crippen MR) is 220 cm³/mol. The number of nitrogens with one attached hydrogen (secondary N) is 2. The molecule has 59 heavy (non-hydrogen) atoms. The third-order valence-corrected chi connectivity index (χ3v) is 9.58. The first kappa shape index (κ1) is 42.5. The number of Topliss-reactive ketones (excluding diaryl/α,β-unsaturated/α-hetero) is 1. The quantitative estimate of drug-likeness (QED) is 0.0757. The Labute approximate surface area is 341 Å². The summed E-state index contributed by atoms with van der Waals surface area (Å²) in [6.45, 7) is 11.7. The number of benzene rings is 2. The third-order valence-electron chi connectivity index (χ3n) is 9.58. The Morgan fingerprint density at radius 1 is 0.576 bits per heavy atom. The van der Waals surface area contributed by atoms with E-state index in [1.807, 2.05) is 12.1 Å². The number of hydrazine groups is 1. The van der Waals surface area contributed by atoms with Gasteiger partial charge in [0.15, 0.2) is 5.78 Å². The van der Waals surface area contributed by atoms with E-state index in [0.717, 1.165) is 77.2 Å². The predicted octanol–water partition coefficient (Wildman–Crippen LogP) is 1.68. The monoisotopic (exact) mass is 817 g/mol. The molecule has 6 heterocycles. The third kappa shape index (κ3) is 12.2. The SMILES string of the molecule is NNc1cc(N2CCOCC2)nc(N2CCOCC2)n1.O=C(CNc1cc(N2CCOCC2)nc(N2CCOCC2)n1)c1ccccc1O.O=C(O)c1ccccc1O. The Balaban J connectivity index is 0.000000168. The van der Waals surface area contributed by atoms with E-state index in [0.29, 0.717) is 63.2 Å². The van der Waals surface area contributed by atoms with Crippen molar-refractivity contribution in [2.24, 2.45) is 5.84 Å². The van der Waals surface area contributed by atoms with Crippen LogP contribution in [-0.4, -0.2) is 159 Å². The van der Waals surface area contributed by atoms with E-state index in [2.05, 4.69) is 45.3 Å². The summed E-state index contributed by atoms with van der Waals surface area (Å²) in [6, 6.07) is 16.1. The van der Waals surface area contributed by atoms with Crippen LogP contribution in [0.15, 0.2) is 60.7 Å². The Bertz CT molecular complexity index is 1900. The van der Waals surface area contributed by atoms with E-state index in [4.69, 9.17) is 40.0 Å². The van der Waals surface area contributed by atoms with Gasteiger partial charge in [-0.2, -0.15) is 19.9 Å². The first-order valence-corrected chi connectivity index (χ1v) is 19.4. The average Bonchev–Trinajstić information content (AvgIpc) is 3.30. The van der Waals surface area contributed by atoms with Crippen molar-refractivity contribution < 1.29 is 43.9 Å². The van der Waals surface area contributed by atoms with E-state index >= 15 is 0 Å². The lowest BCUT2D eigenvalue weighted by Gasteiger charge is -2.31. The second kappa shape index (κ2) is 21.6. The van der Waals surface area contributed by atoms with Crippen molar-refractivity contribution in [3.8, 4) is 11.5 Å². The van der Waals surface area contributed by atoms with Gasteiger partial charge in [0.1, 0.15) is 40.3 Å². The summed E-state index contributed by atoms with van der Waals surface area (Å²) >= 11 is 0. The zero-order valence-corrected chi connectivity index (χ0v) is 32.7. The van der Waals surface area contributed by atoms with Crippen molar-refractivity contribution in [1.29, 1.82) is 0 Å². The van der Waals surface area contributed by atoms with Gasteiger partial charge in [0.05, 0.1) is 65.0 Å². The molecule has 0 spiro atoms. The first-order valence-electron chi connectivity index (χ1n) is 19.4. The number of aromatic nitrogens is 4. The van der Waals surface area contributed by atoms with Crippen molar-refractivity contribution in [3.63, 3.8) is 0 Å². The van der Waals surface area contributed by atoms with Gasteiger partial charge in [0, 0.05) is 64.5 Å². The van der Waals surface area contributed by atoms with Gasteiger partial charge in [0.25, 0.3) is 0 Å². The summed E-state index contributed by atoms with van der Waals surface area (Å²) in [6.07, 6.45) is 0. The molecule has 8 rings (SSSR count). The number of ether oxygens (including phenoxy) is 4. The van der Waals surface area contributed by atoms with Crippen LogP contribution in [0, 0.1) is 0 Å². The van der Waals surface area contributed by atoms with E-state index in [1.54, 1.807) is 30.3 Å². The zero-order chi connectivity index (χ0) is 41.4. The minimum atomic E-state index is -1.11. The fourth-order valence-electron chi connectivity index (χ4n) is 6.36. The minimum Gasteiger partial charge on any atom is -0.507 e. The van der Waals surface area contributed by atoms with Crippen LogP contribution < -0.4 is 36.2 Å². The fourth-order valence-corrected chi connectivity index (χ4v) is 6.36. The van der Waals surface area contributed by atoms with Crippen LogP contribution in [0.1, 0.15) is 20.7 Å². The van der Waals surface area contributed by atoms with Gasteiger partial charge < -0.3 is 64.6 Å². The van der Waals surface area contributed by atoms with Crippen molar-refractivity contribution in [2.75, 3.05) is 142 Å². The number of nitrogens with two attached hydrogens (primary N) is 1. The number of carbonyl (C=O) groups is 2. The number of phenolic OH excluding ortho intramolecular Hbond substituents is 1. The van der Waals surface area contributed by atoms with Crippen molar-refractivity contribution >= 4 is 46.9 Å². The number of carboxylic acid groups (broad SMARTS) is 1. The van der Waals surface area contributed by atoms with Gasteiger partial charge in [-0.05, 0) is 24.3 Å². The maximum atomic E-state index is 12.5. The number of para-hydroxylation sites is 2. The largest absolute Gasteiger partial charge is 0.507 e. The number of hydrogen-bond acceptors (Lipinski definition) is 19. The van der Waals surface area contributed by atoms with Gasteiger partial charge in [-0.3, -0.25) is 4.79 Å². The molecule has 0 saturated carbocycles. The number of phenols is 2. The van der Waals surface area contributed by atoms with Crippen molar-refractivity contribution in [3.05, 3.63) is 71.8 Å². The number of nitrogens with zero attached hydrogens (tertiary/aromatic N) is 8. The highest BCUT2D eigenvalue weighted by molar-refractivity contribution is 6.01. The highest BCUT2D eigenvalue weighted by Crippen LogP contribution is 2.24. The molecular formula is C39H51N11O9. The van der Waals surface area contributed by atoms with Gasteiger partial charge >= 0.3 is 5.97 Å². The Morgan fingerprint density at radius 3 is 1.37 bits per heavy atom. The van der Waals surface area contributed by atoms with Gasteiger partial charge in [-0.15, -0.1) is 0 Å². The number of hydrogen-bond donors (Lipinski definition) is 6. The lowest BCUT2D eigenvalue weighted by Crippen LogP contribution is -2.39. The van der Waals surface area contributed by atoms with Crippen LogP contribution in [0.2, 0.25) is 0 Å². The van der Waals surface area contributed by atoms with E-state index in [-0.39, 0.29) is 35.0 Å². The second-order valence-corrected chi connectivity index (χ2v) is 13.5. The molecule has 20 nitrogen and oxygen atoms in total. The van der Waals surface area contributed by atoms with Gasteiger partial charge in [0.2, 0.25) is 11.9 Å². The average molecular weight is 818 g/mol. The smallest absolute Gasteiger partial charge is 0.339 e. The second-order valence-electron chi connectivity index (χ2n) is 13.5. The summed E-state index contributed by atoms with van der Waals surface area (Å²) in [7, 11) is 0. The van der Waals surface area contributed by atoms with Crippen molar-refractivity contribution in [1.82, 2.24) is 19.9 Å². The van der Waals surface area contributed by atoms with Gasteiger partial charge in [-0.25, -0.2) is 10.6 Å². The number of nitrogen functional groups attached to an aromatic ring is 1. The number of aromatic carboxylic acids is 1. The standard InChI is InChI=1S/C20H25N5O4.C12H20N6O2.C7H6O3/c26-16-4-2-1-3-15(16)17(27)14-21-18-13-19(24-5-9-28-10-6-24)23-20(22-18)25-7-11-29-12-8-25;13-16-10-9-11(17-1-5-19-6-2-17)15-12(14-10)18-3-7-20-8-4-18;8-6-4-2-1-3-5(6)7(9)10/h1-4,13,26H,5-12,14H2,(H,21,22,23);9H,1-8,13H2,(H,14,15,16);1-4,8H,(H,9,10). The molecule has 0 atom stereocenters. The molecule has 7 N–H and O–H groups in total. The summed E-state index contributed by atoms with van der Waals surface area (Å²) in [5.74, 6) is 8.20. The molecule has 4 saturated heterocycles. The normalized spacial score (nSPS) is 16.8. The molecule has 4 aliphatic rings. The molecular weight excluding hydrogens is 766 g/mol. The van der Waals surface area contributed by atoms with Crippen LogP contribution in [0.3, 0.4) is 0 Å². The molecule has 0 unspecified atom stereocenters. The summed E-state index contributed by atoms with van der Waals surface area (Å²) in [5, 5.41) is 30.3. The van der Waals surface area contributed by atoms with E-state index in [1.165, 1.54) is 18.2 Å². The number of carboxylic acids is 1. The van der Waals surface area contributed by atoms with E-state index < -0.39 is 5.97 Å². The molecule has 20 heteroatoms. The number of rotatable bonds is 10. The number of morpholine rings is 4. The van der Waals surface area contributed by atoms with Crippen LogP contribution in [0.4, 0.5) is 35.2 Å². The van der Waals surface area contributed by atoms with Crippen LogP contribution in [-0.2, 0) is 18.9 Å². The Kier molecular flexibility index (Phi) is 15.6. The number of aromatic hydroxyl groups is 2. The highest BCUT2D eigenvalue weighted by atomic mass is 16.5. The minimum absolute atomic E-state index is 0.0231. The molecule has 0 amide bonds. The molecule has 4 aliphatic heterocycles. The molecule has 2 aromatic carbocycles. The summed E-state index contributed by atoms with van der Waals surface area (Å²) in [5.41, 5.74) is 2.84. The zero-order valence-electron chi connectivity index (χ0n) is 32.7. The lowest BCUT2D eigenvalue weighted by atomic mass is 10.1. The molecule has 4 aromatic rings. The number of ketones is 1. The summed E-state index contributed by atoms with van der Waals surface area (Å²) < 4.78 is 21.6. The maximum absolute atomic E-state index is 12.5. The van der Waals surface area contributed by atoms with Crippen molar-refractivity contribution in [2.45, 2.75) is 0 Å². The van der Waals surface area contributed by atoms with Crippen LogP contribution in [0.25, 0.3) is 0 Å². The molecule has 2 aromatic heterocycles. The summed E-state index contributed by atoms with van der Waals surface area (Å²) in [4.78, 5) is 49.8. The van der Waals surface area contributed by atoms with Crippen LogP contribution >= 0.6 is 0 Å².